The lowest BCUT2D eigenvalue weighted by molar-refractivity contribution is -0.149. The average molecular weight is 399 g/mol. The maximum Gasteiger partial charge on any atom is 0.251 e. The molecule has 1 fully saturated rings. The van der Waals surface area contributed by atoms with Crippen molar-refractivity contribution < 1.29 is 19.4 Å². The first-order valence-electron chi connectivity index (χ1n) is 10.4. The molecule has 3 heterocycles. The van der Waals surface area contributed by atoms with Gasteiger partial charge in [-0.3, -0.25) is 4.79 Å². The molecular formula is C22H29N3O4. The molecule has 2 aliphatic heterocycles. The summed E-state index contributed by atoms with van der Waals surface area (Å²) in [7, 11) is 0. The van der Waals surface area contributed by atoms with Crippen molar-refractivity contribution in [1.29, 1.82) is 0 Å². The highest BCUT2D eigenvalue weighted by atomic mass is 16.5. The quantitative estimate of drug-likeness (QED) is 0.805. The summed E-state index contributed by atoms with van der Waals surface area (Å²) in [4.78, 5) is 18.1. The van der Waals surface area contributed by atoms with Gasteiger partial charge in [0.15, 0.2) is 0 Å². The molecule has 4 rings (SSSR count). The molecule has 0 bridgehead atoms. The van der Waals surface area contributed by atoms with Crippen molar-refractivity contribution in [1.82, 2.24) is 14.5 Å². The van der Waals surface area contributed by atoms with Crippen LogP contribution in [0.5, 0.6) is 5.75 Å². The lowest BCUT2D eigenvalue weighted by atomic mass is 9.79. The summed E-state index contributed by atoms with van der Waals surface area (Å²) in [5.74, 6) is 0.708. The Morgan fingerprint density at radius 3 is 2.93 bits per heavy atom. The van der Waals surface area contributed by atoms with Crippen molar-refractivity contribution in [3.63, 3.8) is 0 Å². The lowest BCUT2D eigenvalue weighted by Crippen LogP contribution is -2.50. The minimum absolute atomic E-state index is 0.167. The summed E-state index contributed by atoms with van der Waals surface area (Å²) in [6.07, 6.45) is 7.40. The molecule has 1 unspecified atom stereocenters. The summed E-state index contributed by atoms with van der Waals surface area (Å²) in [6, 6.07) is 6.27. The van der Waals surface area contributed by atoms with E-state index in [1.54, 1.807) is 17.4 Å². The number of ether oxygens (including phenoxy) is 2. The molecule has 156 valence electrons. The second kappa shape index (κ2) is 8.55. The van der Waals surface area contributed by atoms with Gasteiger partial charge in [-0.25, -0.2) is 4.98 Å². The van der Waals surface area contributed by atoms with E-state index in [9.17, 15) is 9.90 Å². The van der Waals surface area contributed by atoms with Crippen LogP contribution in [0.2, 0.25) is 0 Å². The summed E-state index contributed by atoms with van der Waals surface area (Å²) in [5.41, 5.74) is 2.15. The summed E-state index contributed by atoms with van der Waals surface area (Å²) in [5, 5.41) is 9.86. The first-order chi connectivity index (χ1) is 14.1. The molecule has 2 aliphatic rings. The Balaban J connectivity index is 1.41. The number of aliphatic hydroxyl groups is 1. The zero-order chi connectivity index (χ0) is 20.3. The van der Waals surface area contributed by atoms with Crippen molar-refractivity contribution in [2.75, 3.05) is 26.3 Å². The van der Waals surface area contributed by atoms with Gasteiger partial charge in [-0.1, -0.05) is 13.0 Å². The van der Waals surface area contributed by atoms with E-state index in [0.29, 0.717) is 32.7 Å². The predicted octanol–water partition coefficient (Wildman–Crippen LogP) is 2.12. The van der Waals surface area contributed by atoms with Crippen LogP contribution in [0.15, 0.2) is 36.9 Å². The number of nitrogens with zero attached hydrogens (tertiary/aromatic N) is 3. The van der Waals surface area contributed by atoms with Gasteiger partial charge in [-0.05, 0) is 48.9 Å². The first-order valence-corrected chi connectivity index (χ1v) is 10.4. The Hall–Kier alpha value is -2.38. The molecule has 0 saturated carbocycles. The lowest BCUT2D eigenvalue weighted by Gasteiger charge is -2.45. The highest BCUT2D eigenvalue weighted by Crippen LogP contribution is 2.42. The van der Waals surface area contributed by atoms with E-state index < -0.39 is 6.10 Å². The van der Waals surface area contributed by atoms with E-state index in [0.717, 1.165) is 31.6 Å². The number of piperidine rings is 1. The fourth-order valence-corrected chi connectivity index (χ4v) is 4.32. The van der Waals surface area contributed by atoms with Gasteiger partial charge in [0.1, 0.15) is 18.5 Å². The molecule has 7 heteroatoms. The van der Waals surface area contributed by atoms with E-state index in [2.05, 4.69) is 17.1 Å². The van der Waals surface area contributed by atoms with Crippen molar-refractivity contribution >= 4 is 5.91 Å². The number of likely N-dealkylation sites (tertiary alicyclic amines) is 1. The van der Waals surface area contributed by atoms with Gasteiger partial charge in [0.25, 0.3) is 5.91 Å². The normalized spacial score (nSPS) is 19.0. The van der Waals surface area contributed by atoms with Gasteiger partial charge < -0.3 is 24.0 Å². The molecule has 7 nitrogen and oxygen atoms in total. The van der Waals surface area contributed by atoms with Crippen molar-refractivity contribution in [2.45, 2.75) is 50.9 Å². The van der Waals surface area contributed by atoms with E-state index in [1.807, 2.05) is 23.8 Å². The molecule has 1 atom stereocenters. The Morgan fingerprint density at radius 2 is 2.21 bits per heavy atom. The van der Waals surface area contributed by atoms with Crippen LogP contribution >= 0.6 is 0 Å². The van der Waals surface area contributed by atoms with Gasteiger partial charge in [0, 0.05) is 25.5 Å². The number of aliphatic hydroxyl groups excluding tert-OH is 1. The molecule has 0 radical (unpaired) electrons. The second-order valence-electron chi connectivity index (χ2n) is 7.81. The molecule has 1 amide bonds. The minimum atomic E-state index is -0.898. The van der Waals surface area contributed by atoms with Gasteiger partial charge in [-0.15, -0.1) is 0 Å². The SMILES string of the molecule is CCC(O)C(=O)N1CCC2(CC1)OCCc1cc(OCCn3ccnc3)ccc12. The molecule has 2 aromatic rings. The highest BCUT2D eigenvalue weighted by molar-refractivity contribution is 5.80. The van der Waals surface area contributed by atoms with Crippen molar-refractivity contribution in [3.05, 3.63) is 48.0 Å². The molecule has 1 aromatic carbocycles. The molecule has 1 aromatic heterocycles. The maximum absolute atomic E-state index is 12.3. The number of benzene rings is 1. The summed E-state index contributed by atoms with van der Waals surface area (Å²) >= 11 is 0. The van der Waals surface area contributed by atoms with Crippen molar-refractivity contribution in [2.24, 2.45) is 0 Å². The number of fused-ring (bicyclic) bond motifs is 2. The van der Waals surface area contributed by atoms with Crippen LogP contribution in [0, 0.1) is 0 Å². The molecular weight excluding hydrogens is 370 g/mol. The van der Waals surface area contributed by atoms with E-state index >= 15 is 0 Å². The highest BCUT2D eigenvalue weighted by Gasteiger charge is 2.42. The average Bonchev–Trinajstić information content (AvgIpc) is 3.27. The minimum Gasteiger partial charge on any atom is -0.492 e. The van der Waals surface area contributed by atoms with Crippen LogP contribution < -0.4 is 4.74 Å². The first kappa shape index (κ1) is 19.9. The second-order valence-corrected chi connectivity index (χ2v) is 7.81. The number of carbonyl (C=O) groups is 1. The van der Waals surface area contributed by atoms with Crippen LogP contribution in [0.4, 0.5) is 0 Å². The number of imidazole rings is 1. The van der Waals surface area contributed by atoms with Gasteiger partial charge in [0.05, 0.1) is 25.1 Å². The zero-order valence-corrected chi connectivity index (χ0v) is 16.9. The molecule has 1 N–H and O–H groups in total. The topological polar surface area (TPSA) is 76.8 Å². The number of hydrogen-bond acceptors (Lipinski definition) is 5. The van der Waals surface area contributed by atoms with Crippen molar-refractivity contribution in [3.8, 4) is 5.75 Å². The monoisotopic (exact) mass is 399 g/mol. The Morgan fingerprint density at radius 1 is 1.38 bits per heavy atom. The summed E-state index contributed by atoms with van der Waals surface area (Å²) < 4.78 is 14.2. The Bertz CT molecular complexity index is 829. The smallest absolute Gasteiger partial charge is 0.251 e. The van der Waals surface area contributed by atoms with Gasteiger partial charge in [-0.2, -0.15) is 0 Å². The molecule has 1 saturated heterocycles. The predicted molar refractivity (Wildman–Crippen MR) is 108 cm³/mol. The summed E-state index contributed by atoms with van der Waals surface area (Å²) in [6.45, 7) is 5.07. The van der Waals surface area contributed by atoms with E-state index in [1.165, 1.54) is 11.1 Å². The number of carbonyl (C=O) groups excluding carboxylic acids is 1. The molecule has 1 spiro atoms. The van der Waals surface area contributed by atoms with E-state index in [4.69, 9.17) is 9.47 Å². The number of aromatic nitrogens is 2. The standard InChI is InChI=1S/C22H29N3O4/c1-2-20(26)21(27)25-9-6-22(7-10-25)19-4-3-18(15-17(19)5-13-29-22)28-14-12-24-11-8-23-16-24/h3-4,8,11,15-16,20,26H,2,5-7,9-10,12-14H2,1H3. The van der Waals surface area contributed by atoms with Crippen LogP contribution in [0.25, 0.3) is 0 Å². The van der Waals surface area contributed by atoms with Crippen LogP contribution in [0.1, 0.15) is 37.3 Å². The number of hydrogen-bond donors (Lipinski definition) is 1. The van der Waals surface area contributed by atoms with Crippen LogP contribution in [0.3, 0.4) is 0 Å². The maximum atomic E-state index is 12.3. The Labute approximate surface area is 171 Å². The van der Waals surface area contributed by atoms with Crippen LogP contribution in [-0.4, -0.2) is 57.9 Å². The number of amides is 1. The largest absolute Gasteiger partial charge is 0.492 e. The third-order valence-electron chi connectivity index (χ3n) is 6.05. The Kier molecular flexibility index (Phi) is 5.87. The fourth-order valence-electron chi connectivity index (χ4n) is 4.32. The van der Waals surface area contributed by atoms with Crippen LogP contribution in [-0.2, 0) is 28.1 Å². The number of rotatable bonds is 6. The van der Waals surface area contributed by atoms with E-state index in [-0.39, 0.29) is 11.5 Å². The third-order valence-corrected chi connectivity index (χ3v) is 6.05. The molecule has 0 aliphatic carbocycles. The molecule has 29 heavy (non-hydrogen) atoms. The third kappa shape index (κ3) is 4.16. The van der Waals surface area contributed by atoms with Gasteiger partial charge in [0.2, 0.25) is 0 Å². The zero-order valence-electron chi connectivity index (χ0n) is 16.9. The van der Waals surface area contributed by atoms with Gasteiger partial charge >= 0.3 is 0 Å². The fraction of sp³-hybridized carbons (Fsp3) is 0.545.